The molecule has 21 aromatic rings. The average Bonchev–Trinajstić information content (AvgIpc) is 0.755. The summed E-state index contributed by atoms with van der Waals surface area (Å²) in [5.74, 6) is 0. The lowest BCUT2D eigenvalue weighted by molar-refractivity contribution is 1.24. The molecule has 0 heteroatoms. The predicted octanol–water partition coefficient (Wildman–Crippen LogP) is 36.7. The maximum absolute atomic E-state index is 2.30. The Morgan fingerprint density at radius 2 is 0.309 bits per heavy atom. The molecule has 0 fully saturated rings. The van der Waals surface area contributed by atoms with Crippen LogP contribution in [0.2, 0.25) is 0 Å². The molecule has 0 atom stereocenters. The molecule has 123 heavy (non-hydrogen) atoms. The van der Waals surface area contributed by atoms with Crippen molar-refractivity contribution in [2.24, 2.45) is 0 Å². The molecule has 0 saturated carbocycles. The van der Waals surface area contributed by atoms with Gasteiger partial charge in [-0.25, -0.2) is 0 Å². The monoisotopic (exact) mass is 1590 g/mol. The first kappa shape index (κ1) is 87.0. The van der Waals surface area contributed by atoms with E-state index >= 15 is 0 Å². The van der Waals surface area contributed by atoms with E-state index in [0.29, 0.717) is 0 Å². The minimum atomic E-state index is 1.08. The van der Waals surface area contributed by atoms with Crippen molar-refractivity contribution >= 4 is 175 Å². The summed E-state index contributed by atoms with van der Waals surface area (Å²) in [6.07, 6.45) is 22.4. The molecule has 0 heterocycles. The Kier molecular flexibility index (Phi) is 30.4. The molecule has 0 unspecified atom stereocenters. The van der Waals surface area contributed by atoms with Gasteiger partial charge in [-0.05, 0) is 240 Å². The van der Waals surface area contributed by atoms with Gasteiger partial charge in [0.05, 0.1) is 0 Å². The quantitative estimate of drug-likeness (QED) is 0.105. The van der Waals surface area contributed by atoms with Gasteiger partial charge in [-0.2, -0.15) is 0 Å². The SMILES string of the molecule is C1=Cc2ccc3c4c(ccc(c24)C1)CC=C3.C1=Cc2ccc3c4c(ccc(c24)C1)CC=C3.CC.CC.CC.CC.CC.CC.Cc1c2ccccc2cc2ccccc12.c1ccc2c(c1)c1ccccc1c1ccccc21.c1ccc2c(c1)ccc1c3ccccc3ccc21.c1ccc2c(c1)ccc1ccccc12.c1ccc2c(c1)ccc1ccccc12. The summed E-state index contributed by atoms with van der Waals surface area (Å²) in [6.45, 7) is 26.2. The van der Waals surface area contributed by atoms with Gasteiger partial charge in [0.25, 0.3) is 0 Å². The summed E-state index contributed by atoms with van der Waals surface area (Å²) < 4.78 is 0. The fourth-order valence-electron chi connectivity index (χ4n) is 17.7. The van der Waals surface area contributed by atoms with E-state index in [4.69, 9.17) is 0 Å². The van der Waals surface area contributed by atoms with Crippen LogP contribution in [0.25, 0.3) is 175 Å². The van der Waals surface area contributed by atoms with Crippen molar-refractivity contribution in [3.05, 3.63) is 444 Å². The molecule has 4 aliphatic carbocycles. The molecule has 0 amide bonds. The van der Waals surface area contributed by atoms with Gasteiger partial charge in [0.2, 0.25) is 0 Å². The van der Waals surface area contributed by atoms with E-state index in [1.807, 2.05) is 83.1 Å². The van der Waals surface area contributed by atoms with Gasteiger partial charge in [0.1, 0.15) is 0 Å². The second kappa shape index (κ2) is 42.9. The number of hydrogen-bond donors (Lipinski definition) is 0. The smallest absolute Gasteiger partial charge is 0.00674 e. The fourth-order valence-corrected chi connectivity index (χ4v) is 17.7. The summed E-state index contributed by atoms with van der Waals surface area (Å²) in [5.41, 5.74) is 12.8. The van der Waals surface area contributed by atoms with Crippen molar-refractivity contribution in [2.75, 3.05) is 0 Å². The molecule has 0 nitrogen and oxygen atoms in total. The van der Waals surface area contributed by atoms with Crippen LogP contribution in [-0.4, -0.2) is 0 Å². The van der Waals surface area contributed by atoms with Gasteiger partial charge in [0.15, 0.2) is 0 Å². The van der Waals surface area contributed by atoms with Gasteiger partial charge in [-0.1, -0.05) is 496 Å². The second-order valence-electron chi connectivity index (χ2n) is 29.4. The summed E-state index contributed by atoms with van der Waals surface area (Å²) in [5, 5.41) is 37.9. The highest BCUT2D eigenvalue weighted by molar-refractivity contribution is 6.25. The average molecular weight is 1590 g/mol. The Morgan fingerprint density at radius 1 is 0.146 bits per heavy atom. The molecule has 0 spiro atoms. The van der Waals surface area contributed by atoms with Crippen LogP contribution in [0.3, 0.4) is 0 Å². The van der Waals surface area contributed by atoms with Crippen molar-refractivity contribution in [3.63, 3.8) is 0 Å². The molecule has 0 aromatic heterocycles. The predicted molar refractivity (Wildman–Crippen MR) is 554 cm³/mol. The number of benzene rings is 21. The Hall–Kier alpha value is -13.8. The van der Waals surface area contributed by atoms with Crippen LogP contribution in [0.5, 0.6) is 0 Å². The Bertz CT molecular complexity index is 6530. The molecule has 0 saturated heterocycles. The Morgan fingerprint density at radius 3 is 0.528 bits per heavy atom. The van der Waals surface area contributed by atoms with E-state index in [1.165, 1.54) is 201 Å². The van der Waals surface area contributed by atoms with Crippen molar-refractivity contribution in [3.8, 4) is 0 Å². The van der Waals surface area contributed by atoms with Crippen LogP contribution in [0.1, 0.15) is 133 Å². The minimum absolute atomic E-state index is 1.08. The Balaban J connectivity index is 0.000000121. The minimum Gasteiger partial charge on any atom is -0.0795 e. The van der Waals surface area contributed by atoms with E-state index < -0.39 is 0 Å². The second-order valence-corrected chi connectivity index (χ2v) is 29.4. The van der Waals surface area contributed by atoms with Crippen molar-refractivity contribution in [2.45, 2.75) is 116 Å². The number of aryl methyl sites for hydroxylation is 1. The standard InChI is InChI=1S/2C18H12.2C16H12.C15H12.2C14H10.6C2H6/c1-3-7-15-13(5-1)9-11-18-16-8-4-2-6-14(16)10-12-17(15)18;1-2-8-14-13(7-1)15-9-3-4-11-17(15)18-12-6-5-10-16(14)18;2*1-3-11-7-9-13-5-2-6-14-10-8-12(4-1)15(11)16(13)14;1-11-14-8-4-2-6-12(14)10-13-7-3-5-9-15(11)13;2*1-3-7-13-11(5-1)9-10-12-6-2-4-8-14(12)13;6*1-2/h2*1-12H;2*1-3,5,7-10H,4,6H2;2-10H,1H3;2*1-10H;6*1-2H3. The van der Waals surface area contributed by atoms with E-state index in [-0.39, 0.29) is 0 Å². The summed E-state index contributed by atoms with van der Waals surface area (Å²) in [4.78, 5) is 0. The molecule has 21 aromatic carbocycles. The highest BCUT2D eigenvalue weighted by Gasteiger charge is 2.18. The highest BCUT2D eigenvalue weighted by Crippen LogP contribution is 2.40. The lowest BCUT2D eigenvalue weighted by Gasteiger charge is -2.19. The maximum atomic E-state index is 2.30. The van der Waals surface area contributed by atoms with E-state index in [1.54, 1.807) is 0 Å². The van der Waals surface area contributed by atoms with Crippen molar-refractivity contribution in [1.82, 2.24) is 0 Å². The molecular weight excluding hydrogens is 1480 g/mol. The lowest BCUT2D eigenvalue weighted by atomic mass is 9.85. The van der Waals surface area contributed by atoms with E-state index in [2.05, 4.69) is 426 Å². The van der Waals surface area contributed by atoms with Crippen molar-refractivity contribution < 1.29 is 0 Å². The van der Waals surface area contributed by atoms with Crippen LogP contribution in [0.15, 0.2) is 394 Å². The van der Waals surface area contributed by atoms with Crippen LogP contribution in [0, 0.1) is 6.92 Å². The molecule has 0 bridgehead atoms. The van der Waals surface area contributed by atoms with Gasteiger partial charge in [-0.3, -0.25) is 0 Å². The van der Waals surface area contributed by atoms with Gasteiger partial charge < -0.3 is 0 Å². The van der Waals surface area contributed by atoms with Crippen LogP contribution >= 0.6 is 0 Å². The molecule has 25 rings (SSSR count). The number of rotatable bonds is 0. The third-order valence-electron chi connectivity index (χ3n) is 23.0. The number of fused-ring (bicyclic) bond motifs is 19. The molecular formula is C123H116. The number of hydrogen-bond acceptors (Lipinski definition) is 0. The zero-order valence-electron chi connectivity index (χ0n) is 74.2. The third-order valence-corrected chi connectivity index (χ3v) is 23.0. The fraction of sp³-hybridized carbons (Fsp3) is 0.138. The Labute approximate surface area is 730 Å². The normalized spacial score (nSPS) is 11.5. The van der Waals surface area contributed by atoms with Gasteiger partial charge in [0, 0.05) is 0 Å². The van der Waals surface area contributed by atoms with Crippen LogP contribution < -0.4 is 0 Å². The van der Waals surface area contributed by atoms with Crippen LogP contribution in [0.4, 0.5) is 0 Å². The van der Waals surface area contributed by atoms with Crippen molar-refractivity contribution in [1.29, 1.82) is 0 Å². The molecule has 0 aliphatic heterocycles. The lowest BCUT2D eigenvalue weighted by Crippen LogP contribution is -1.99. The van der Waals surface area contributed by atoms with Gasteiger partial charge in [-0.15, -0.1) is 0 Å². The zero-order chi connectivity index (χ0) is 86.0. The first-order chi connectivity index (χ1) is 61.0. The summed E-state index contributed by atoms with van der Waals surface area (Å²) >= 11 is 0. The highest BCUT2D eigenvalue weighted by atomic mass is 14.2. The summed E-state index contributed by atoms with van der Waals surface area (Å²) in [7, 11) is 0. The summed E-state index contributed by atoms with van der Waals surface area (Å²) in [6, 6.07) is 132. The van der Waals surface area contributed by atoms with E-state index in [9.17, 15) is 0 Å². The first-order valence-electron chi connectivity index (χ1n) is 45.0. The molecule has 608 valence electrons. The maximum Gasteiger partial charge on any atom is -0.00674 e. The first-order valence-corrected chi connectivity index (χ1v) is 45.0. The molecule has 0 radical (unpaired) electrons. The molecule has 0 N–H and O–H groups in total. The zero-order valence-corrected chi connectivity index (χ0v) is 74.2. The van der Waals surface area contributed by atoms with Crippen LogP contribution in [-0.2, 0) is 25.7 Å². The topological polar surface area (TPSA) is 0 Å². The van der Waals surface area contributed by atoms with E-state index in [0.717, 1.165) is 25.7 Å². The number of allylic oxidation sites excluding steroid dienone is 4. The third kappa shape index (κ3) is 18.7. The van der Waals surface area contributed by atoms with Gasteiger partial charge >= 0.3 is 0 Å². The molecule has 4 aliphatic rings. The largest absolute Gasteiger partial charge is 0.0795 e.